The zero-order valence-corrected chi connectivity index (χ0v) is 10.7. The molecule has 0 spiro atoms. The maximum absolute atomic E-state index is 12.0. The molecular formula is C13H13N5O2. The number of anilines is 1. The highest BCUT2D eigenvalue weighted by atomic mass is 16.4. The second-order valence-electron chi connectivity index (χ2n) is 4.03. The van der Waals surface area contributed by atoms with Gasteiger partial charge in [-0.2, -0.15) is 0 Å². The Morgan fingerprint density at radius 3 is 2.70 bits per heavy atom. The minimum atomic E-state index is -0.421. The first kappa shape index (κ1) is 13.5. The Hall–Kier alpha value is -2.96. The molecule has 0 bridgehead atoms. The van der Waals surface area contributed by atoms with Gasteiger partial charge in [-0.05, 0) is 19.1 Å². The van der Waals surface area contributed by atoms with Crippen molar-refractivity contribution in [3.05, 3.63) is 53.6 Å². The first-order valence-electron chi connectivity index (χ1n) is 5.78. The van der Waals surface area contributed by atoms with Gasteiger partial charge < -0.3 is 16.3 Å². The van der Waals surface area contributed by atoms with Crippen LogP contribution in [0.3, 0.4) is 0 Å². The van der Waals surface area contributed by atoms with Gasteiger partial charge in [-0.25, -0.2) is 4.98 Å². The highest BCUT2D eigenvalue weighted by molar-refractivity contribution is 6.09. The number of nitrogens with two attached hydrogens (primary N) is 1. The molecule has 0 unspecified atom stereocenters. The van der Waals surface area contributed by atoms with Crippen LogP contribution in [0.4, 0.5) is 5.69 Å². The molecule has 102 valence electrons. The molecule has 0 aliphatic heterocycles. The molecule has 4 N–H and O–H groups in total. The molecule has 2 aromatic rings. The Balaban J connectivity index is 2.26. The smallest absolute Gasteiger partial charge is 0.275 e. The van der Waals surface area contributed by atoms with Crippen molar-refractivity contribution in [1.29, 1.82) is 0 Å². The van der Waals surface area contributed by atoms with E-state index in [1.807, 2.05) is 0 Å². The van der Waals surface area contributed by atoms with Crippen LogP contribution in [0, 0.1) is 6.92 Å². The predicted molar refractivity (Wildman–Crippen MR) is 73.7 cm³/mol. The van der Waals surface area contributed by atoms with Crippen LogP contribution < -0.4 is 11.1 Å². The molecule has 0 saturated carbocycles. The molecule has 1 aromatic carbocycles. The number of amides is 1. The highest BCUT2D eigenvalue weighted by Crippen LogP contribution is 2.15. The number of carbonyl (C=O) groups is 1. The second kappa shape index (κ2) is 5.79. The standard InChI is InChI=1S/C13H13N5O2/c1-8-6-16-11(7-15-8)13(19)17-10-5-3-2-4-9(10)12(14)18-20/h2-7,20H,1H3,(H2,14,18)(H,17,19). The van der Waals surface area contributed by atoms with E-state index in [-0.39, 0.29) is 11.5 Å². The van der Waals surface area contributed by atoms with E-state index in [0.717, 1.165) is 5.69 Å². The minimum Gasteiger partial charge on any atom is -0.409 e. The number of oxime groups is 1. The van der Waals surface area contributed by atoms with Crippen LogP contribution in [-0.2, 0) is 0 Å². The Labute approximate surface area is 115 Å². The summed E-state index contributed by atoms with van der Waals surface area (Å²) in [7, 11) is 0. The van der Waals surface area contributed by atoms with Gasteiger partial charge in [-0.15, -0.1) is 0 Å². The van der Waals surface area contributed by atoms with Gasteiger partial charge in [-0.3, -0.25) is 9.78 Å². The van der Waals surface area contributed by atoms with Crippen LogP contribution in [0.1, 0.15) is 21.7 Å². The fraction of sp³-hybridized carbons (Fsp3) is 0.0769. The first-order chi connectivity index (χ1) is 9.61. The van der Waals surface area contributed by atoms with Crippen LogP contribution in [0.15, 0.2) is 41.8 Å². The number of hydrogen-bond acceptors (Lipinski definition) is 5. The highest BCUT2D eigenvalue weighted by Gasteiger charge is 2.12. The van der Waals surface area contributed by atoms with Crippen LogP contribution in [0.25, 0.3) is 0 Å². The Morgan fingerprint density at radius 2 is 2.05 bits per heavy atom. The summed E-state index contributed by atoms with van der Waals surface area (Å²) in [6.45, 7) is 1.78. The lowest BCUT2D eigenvalue weighted by Gasteiger charge is -2.09. The molecule has 1 amide bonds. The van der Waals surface area contributed by atoms with Crippen molar-refractivity contribution in [2.24, 2.45) is 10.9 Å². The second-order valence-corrected chi connectivity index (χ2v) is 4.03. The van der Waals surface area contributed by atoms with E-state index < -0.39 is 5.91 Å². The van der Waals surface area contributed by atoms with Gasteiger partial charge in [0, 0.05) is 11.8 Å². The van der Waals surface area contributed by atoms with E-state index in [2.05, 4.69) is 20.4 Å². The van der Waals surface area contributed by atoms with Crippen molar-refractivity contribution in [2.45, 2.75) is 6.92 Å². The van der Waals surface area contributed by atoms with Gasteiger partial charge in [0.15, 0.2) is 5.84 Å². The van der Waals surface area contributed by atoms with E-state index in [1.165, 1.54) is 12.4 Å². The van der Waals surface area contributed by atoms with E-state index in [1.54, 1.807) is 31.2 Å². The number of nitrogens with zero attached hydrogens (tertiary/aromatic N) is 3. The summed E-state index contributed by atoms with van der Waals surface area (Å²) in [5, 5.41) is 14.3. The van der Waals surface area contributed by atoms with E-state index >= 15 is 0 Å². The van der Waals surface area contributed by atoms with Gasteiger partial charge in [-0.1, -0.05) is 17.3 Å². The molecule has 7 heteroatoms. The summed E-state index contributed by atoms with van der Waals surface area (Å²) in [6.07, 6.45) is 2.89. The predicted octanol–water partition coefficient (Wildman–Crippen LogP) is 1.13. The molecule has 0 fully saturated rings. The maximum atomic E-state index is 12.0. The lowest BCUT2D eigenvalue weighted by atomic mass is 10.1. The molecule has 0 aliphatic rings. The molecule has 2 rings (SSSR count). The summed E-state index contributed by atoms with van der Waals surface area (Å²) < 4.78 is 0. The van der Waals surface area contributed by atoms with Crippen LogP contribution in [-0.4, -0.2) is 26.9 Å². The largest absolute Gasteiger partial charge is 0.409 e. The summed E-state index contributed by atoms with van der Waals surface area (Å²) in [4.78, 5) is 20.0. The number of benzene rings is 1. The fourth-order valence-corrected chi connectivity index (χ4v) is 1.57. The Morgan fingerprint density at radius 1 is 1.30 bits per heavy atom. The third-order valence-electron chi connectivity index (χ3n) is 2.57. The SMILES string of the molecule is Cc1cnc(C(=O)Nc2ccccc2C(N)=NO)cn1. The van der Waals surface area contributed by atoms with Crippen LogP contribution in [0.5, 0.6) is 0 Å². The third-order valence-corrected chi connectivity index (χ3v) is 2.57. The zero-order valence-electron chi connectivity index (χ0n) is 10.7. The molecule has 20 heavy (non-hydrogen) atoms. The number of carbonyl (C=O) groups excluding carboxylic acids is 1. The number of hydrogen-bond donors (Lipinski definition) is 3. The van der Waals surface area contributed by atoms with E-state index in [9.17, 15) is 4.79 Å². The average Bonchev–Trinajstić information content (AvgIpc) is 2.47. The van der Waals surface area contributed by atoms with Gasteiger partial charge in [0.25, 0.3) is 5.91 Å². The van der Waals surface area contributed by atoms with Crippen LogP contribution >= 0.6 is 0 Å². The third kappa shape index (κ3) is 2.89. The van der Waals surface area contributed by atoms with Gasteiger partial charge in [0.05, 0.1) is 17.6 Å². The number of amidine groups is 1. The van der Waals surface area contributed by atoms with Crippen molar-refractivity contribution in [1.82, 2.24) is 9.97 Å². The molecule has 1 heterocycles. The fourth-order valence-electron chi connectivity index (χ4n) is 1.57. The average molecular weight is 271 g/mol. The molecule has 0 aliphatic carbocycles. The van der Waals surface area contributed by atoms with Gasteiger partial charge in [0.2, 0.25) is 0 Å². The minimum absolute atomic E-state index is 0.0871. The van der Waals surface area contributed by atoms with E-state index in [0.29, 0.717) is 11.3 Å². The summed E-state index contributed by atoms with van der Waals surface area (Å²) in [6, 6.07) is 6.72. The number of para-hydroxylation sites is 1. The Kier molecular flexibility index (Phi) is 3.90. The van der Waals surface area contributed by atoms with Crippen molar-refractivity contribution < 1.29 is 10.0 Å². The maximum Gasteiger partial charge on any atom is 0.275 e. The number of aromatic nitrogens is 2. The number of rotatable bonds is 3. The zero-order chi connectivity index (χ0) is 14.5. The van der Waals surface area contributed by atoms with Crippen LogP contribution in [0.2, 0.25) is 0 Å². The topological polar surface area (TPSA) is 113 Å². The lowest BCUT2D eigenvalue weighted by molar-refractivity contribution is 0.102. The first-order valence-corrected chi connectivity index (χ1v) is 5.78. The quantitative estimate of drug-likeness (QED) is 0.335. The Bertz CT molecular complexity index is 652. The molecular weight excluding hydrogens is 258 g/mol. The monoisotopic (exact) mass is 271 g/mol. The van der Waals surface area contributed by atoms with Crippen molar-refractivity contribution >= 4 is 17.4 Å². The summed E-state index contributed by atoms with van der Waals surface area (Å²) in [5.41, 5.74) is 7.30. The normalized spacial score (nSPS) is 11.2. The van der Waals surface area contributed by atoms with Crippen molar-refractivity contribution in [3.8, 4) is 0 Å². The molecule has 0 saturated heterocycles. The number of nitrogens with one attached hydrogen (secondary N) is 1. The van der Waals surface area contributed by atoms with E-state index in [4.69, 9.17) is 10.9 Å². The lowest BCUT2D eigenvalue weighted by Crippen LogP contribution is -2.20. The van der Waals surface area contributed by atoms with Gasteiger partial charge in [0.1, 0.15) is 5.69 Å². The summed E-state index contributed by atoms with van der Waals surface area (Å²) in [5.74, 6) is -0.508. The summed E-state index contributed by atoms with van der Waals surface area (Å²) >= 11 is 0. The van der Waals surface area contributed by atoms with Crippen molar-refractivity contribution in [3.63, 3.8) is 0 Å². The van der Waals surface area contributed by atoms with Crippen molar-refractivity contribution in [2.75, 3.05) is 5.32 Å². The molecule has 0 atom stereocenters. The number of aryl methyl sites for hydroxylation is 1. The van der Waals surface area contributed by atoms with Gasteiger partial charge >= 0.3 is 0 Å². The molecule has 1 aromatic heterocycles. The molecule has 7 nitrogen and oxygen atoms in total. The molecule has 0 radical (unpaired) electrons.